The van der Waals surface area contributed by atoms with E-state index in [1.165, 1.54) is 5.56 Å². The van der Waals surface area contributed by atoms with Gasteiger partial charge in [-0.05, 0) is 34.6 Å². The number of hydrogen-bond donors (Lipinski definition) is 1. The van der Waals surface area contributed by atoms with Crippen LogP contribution in [0.2, 0.25) is 0 Å². The molecule has 0 saturated carbocycles. The van der Waals surface area contributed by atoms with Gasteiger partial charge >= 0.3 is 0 Å². The summed E-state index contributed by atoms with van der Waals surface area (Å²) in [6.07, 6.45) is 1.81. The Morgan fingerprint density at radius 1 is 0.857 bits per heavy atom. The Bertz CT molecular complexity index is 862. The molecular formula is C25H35NOS. The summed E-state index contributed by atoms with van der Waals surface area (Å²) in [7, 11) is 0. The lowest BCUT2D eigenvalue weighted by Gasteiger charge is -2.27. The van der Waals surface area contributed by atoms with E-state index in [-0.39, 0.29) is 15.6 Å². The maximum Gasteiger partial charge on any atom is 0.128 e. The SMILES string of the molecule is CC(C)(C)Sc1ccccc1N=Cc1cc(C(C)(C)C)cc(C(C)(C)C)c1O. The number of aliphatic imine (C=N–C) groups is 1. The van der Waals surface area contributed by atoms with Gasteiger partial charge in [-0.2, -0.15) is 0 Å². The molecular weight excluding hydrogens is 362 g/mol. The van der Waals surface area contributed by atoms with E-state index in [2.05, 4.69) is 80.5 Å². The van der Waals surface area contributed by atoms with Crippen LogP contribution in [0.25, 0.3) is 0 Å². The minimum Gasteiger partial charge on any atom is -0.507 e. The van der Waals surface area contributed by atoms with E-state index < -0.39 is 0 Å². The largest absolute Gasteiger partial charge is 0.507 e. The van der Waals surface area contributed by atoms with E-state index in [0.29, 0.717) is 5.75 Å². The third kappa shape index (κ3) is 5.88. The number of nitrogens with zero attached hydrogens (tertiary/aromatic N) is 1. The molecule has 0 aromatic heterocycles. The van der Waals surface area contributed by atoms with Gasteiger partial charge in [0.05, 0.1) is 5.69 Å². The van der Waals surface area contributed by atoms with Crippen LogP contribution in [-0.2, 0) is 10.8 Å². The van der Waals surface area contributed by atoms with Gasteiger partial charge in [0.15, 0.2) is 0 Å². The molecule has 1 N–H and O–H groups in total. The average molecular weight is 398 g/mol. The number of hydrogen-bond acceptors (Lipinski definition) is 3. The first kappa shape index (κ1) is 22.5. The highest BCUT2D eigenvalue weighted by atomic mass is 32.2. The minimum absolute atomic E-state index is 0.00369. The molecule has 3 heteroatoms. The van der Waals surface area contributed by atoms with Crippen LogP contribution in [0.3, 0.4) is 0 Å². The number of thioether (sulfide) groups is 1. The van der Waals surface area contributed by atoms with Gasteiger partial charge in [0.25, 0.3) is 0 Å². The molecule has 2 rings (SSSR count). The van der Waals surface area contributed by atoms with Crippen molar-refractivity contribution < 1.29 is 5.11 Å². The van der Waals surface area contributed by atoms with Crippen molar-refractivity contribution in [1.82, 2.24) is 0 Å². The first-order valence-electron chi connectivity index (χ1n) is 9.88. The minimum atomic E-state index is -0.145. The standard InChI is InChI=1S/C25H35NOS/c1-23(2,3)18-14-17(22(27)19(15-18)24(4,5)6)16-26-20-12-10-11-13-21(20)28-25(7,8)9/h10-16,27H,1-9H3. The first-order chi connectivity index (χ1) is 12.7. The number of aromatic hydroxyl groups is 1. The van der Waals surface area contributed by atoms with Crippen LogP contribution in [-0.4, -0.2) is 16.1 Å². The van der Waals surface area contributed by atoms with Gasteiger partial charge in [-0.3, -0.25) is 4.99 Å². The lowest BCUT2D eigenvalue weighted by atomic mass is 9.79. The zero-order valence-electron chi connectivity index (χ0n) is 18.8. The fourth-order valence-corrected chi connectivity index (χ4v) is 3.91. The summed E-state index contributed by atoms with van der Waals surface area (Å²) in [5.74, 6) is 0.324. The molecule has 0 heterocycles. The molecule has 0 atom stereocenters. The van der Waals surface area contributed by atoms with Crippen molar-refractivity contribution in [2.24, 2.45) is 4.99 Å². The number of phenols is 1. The number of para-hydroxylation sites is 1. The predicted octanol–water partition coefficient (Wildman–Crippen LogP) is 7.63. The molecule has 2 aromatic carbocycles. The normalized spacial score (nSPS) is 13.3. The van der Waals surface area contributed by atoms with Crippen LogP contribution in [0.1, 0.15) is 79.0 Å². The van der Waals surface area contributed by atoms with Crippen molar-refractivity contribution >= 4 is 23.7 Å². The fourth-order valence-electron chi connectivity index (χ4n) is 2.88. The summed E-state index contributed by atoms with van der Waals surface area (Å²) in [6.45, 7) is 19.6. The highest BCUT2D eigenvalue weighted by molar-refractivity contribution is 8.00. The molecule has 0 bridgehead atoms. The quantitative estimate of drug-likeness (QED) is 0.426. The predicted molar refractivity (Wildman–Crippen MR) is 125 cm³/mol. The van der Waals surface area contributed by atoms with Crippen LogP contribution in [0, 0.1) is 0 Å². The van der Waals surface area contributed by atoms with Gasteiger partial charge in [0, 0.05) is 27.0 Å². The Kier molecular flexibility index (Phi) is 6.40. The zero-order chi connectivity index (χ0) is 21.3. The maximum atomic E-state index is 11.0. The highest BCUT2D eigenvalue weighted by Crippen LogP contribution is 2.39. The fraction of sp³-hybridized carbons (Fsp3) is 0.480. The molecule has 0 unspecified atom stereocenters. The smallest absolute Gasteiger partial charge is 0.128 e. The van der Waals surface area contributed by atoms with Crippen molar-refractivity contribution in [2.45, 2.75) is 82.8 Å². The van der Waals surface area contributed by atoms with Gasteiger partial charge in [-0.1, -0.05) is 80.5 Å². The molecule has 2 aromatic rings. The van der Waals surface area contributed by atoms with Crippen molar-refractivity contribution in [3.8, 4) is 5.75 Å². The van der Waals surface area contributed by atoms with E-state index in [1.54, 1.807) is 11.8 Å². The summed E-state index contributed by atoms with van der Waals surface area (Å²) in [4.78, 5) is 5.91. The lowest BCUT2D eigenvalue weighted by Crippen LogP contribution is -2.17. The summed E-state index contributed by atoms with van der Waals surface area (Å²) in [6, 6.07) is 12.4. The van der Waals surface area contributed by atoms with E-state index in [9.17, 15) is 5.11 Å². The summed E-state index contributed by atoms with van der Waals surface area (Å²) >= 11 is 1.81. The average Bonchev–Trinajstić information content (AvgIpc) is 2.51. The first-order valence-corrected chi connectivity index (χ1v) is 10.7. The van der Waals surface area contributed by atoms with Crippen LogP contribution in [0.5, 0.6) is 5.75 Å². The Morgan fingerprint density at radius 2 is 1.46 bits per heavy atom. The zero-order valence-corrected chi connectivity index (χ0v) is 19.7. The van der Waals surface area contributed by atoms with E-state index in [4.69, 9.17) is 4.99 Å². The second kappa shape index (κ2) is 7.94. The van der Waals surface area contributed by atoms with Crippen molar-refractivity contribution in [3.05, 3.63) is 53.1 Å². The Hall–Kier alpha value is -1.74. The number of phenolic OH excluding ortho intramolecular Hbond substituents is 1. The third-order valence-corrected chi connectivity index (χ3v) is 5.62. The maximum absolute atomic E-state index is 11.0. The van der Waals surface area contributed by atoms with Crippen molar-refractivity contribution in [1.29, 1.82) is 0 Å². The molecule has 0 amide bonds. The summed E-state index contributed by atoms with van der Waals surface area (Å²) < 4.78 is 0.110. The summed E-state index contributed by atoms with van der Waals surface area (Å²) in [5.41, 5.74) is 3.71. The second-order valence-electron chi connectivity index (χ2n) is 10.4. The molecule has 0 aliphatic carbocycles. The Morgan fingerprint density at radius 3 is 2.00 bits per heavy atom. The van der Waals surface area contributed by atoms with Crippen molar-refractivity contribution in [2.75, 3.05) is 0 Å². The van der Waals surface area contributed by atoms with Gasteiger partial charge in [0.2, 0.25) is 0 Å². The Labute approximate surface area is 175 Å². The second-order valence-corrected chi connectivity index (χ2v) is 12.3. The van der Waals surface area contributed by atoms with Crippen LogP contribution < -0.4 is 0 Å². The summed E-state index contributed by atoms with van der Waals surface area (Å²) in [5, 5.41) is 11.0. The molecule has 0 fully saturated rings. The van der Waals surface area contributed by atoms with Gasteiger partial charge in [-0.15, -0.1) is 11.8 Å². The molecule has 0 saturated heterocycles. The molecule has 0 aliphatic rings. The van der Waals surface area contributed by atoms with Crippen LogP contribution in [0.4, 0.5) is 5.69 Å². The van der Waals surface area contributed by atoms with Gasteiger partial charge in [0.1, 0.15) is 5.75 Å². The number of rotatable bonds is 3. The lowest BCUT2D eigenvalue weighted by molar-refractivity contribution is 0.444. The van der Waals surface area contributed by atoms with Crippen LogP contribution in [0.15, 0.2) is 46.3 Å². The Balaban J connectivity index is 2.55. The van der Waals surface area contributed by atoms with Gasteiger partial charge in [-0.25, -0.2) is 0 Å². The molecule has 28 heavy (non-hydrogen) atoms. The van der Waals surface area contributed by atoms with Crippen molar-refractivity contribution in [3.63, 3.8) is 0 Å². The monoisotopic (exact) mass is 397 g/mol. The van der Waals surface area contributed by atoms with Crippen LogP contribution >= 0.6 is 11.8 Å². The molecule has 0 spiro atoms. The third-order valence-electron chi connectivity index (χ3n) is 4.44. The van der Waals surface area contributed by atoms with E-state index in [1.807, 2.05) is 24.4 Å². The highest BCUT2D eigenvalue weighted by Gasteiger charge is 2.24. The number of benzene rings is 2. The van der Waals surface area contributed by atoms with E-state index >= 15 is 0 Å². The molecule has 152 valence electrons. The molecule has 0 radical (unpaired) electrons. The molecule has 0 aliphatic heterocycles. The topological polar surface area (TPSA) is 32.6 Å². The molecule has 2 nitrogen and oxygen atoms in total. The van der Waals surface area contributed by atoms with E-state index in [0.717, 1.165) is 21.7 Å². The van der Waals surface area contributed by atoms with Gasteiger partial charge < -0.3 is 5.11 Å².